The fourth-order valence-electron chi connectivity index (χ4n) is 1.67. The summed E-state index contributed by atoms with van der Waals surface area (Å²) in [7, 11) is 1.51. The van der Waals surface area contributed by atoms with Crippen LogP contribution in [-0.4, -0.2) is 22.9 Å². The summed E-state index contributed by atoms with van der Waals surface area (Å²) in [6, 6.07) is 6.44. The van der Waals surface area contributed by atoms with Crippen molar-refractivity contribution in [3.63, 3.8) is 0 Å². The third-order valence-electron chi connectivity index (χ3n) is 2.63. The van der Waals surface area contributed by atoms with Crippen molar-refractivity contribution in [2.24, 2.45) is 0 Å². The Bertz CT molecular complexity index is 728. The molecule has 0 aliphatic heterocycles. The van der Waals surface area contributed by atoms with Gasteiger partial charge in [-0.15, -0.1) is 0 Å². The normalized spacial score (nSPS) is 10.2. The van der Waals surface area contributed by atoms with Crippen molar-refractivity contribution in [1.82, 2.24) is 9.55 Å². The Labute approximate surface area is 107 Å². The van der Waals surface area contributed by atoms with E-state index in [0.29, 0.717) is 17.7 Å². The summed E-state index contributed by atoms with van der Waals surface area (Å²) < 4.78 is 6.04. The minimum absolute atomic E-state index is 0.200. The van der Waals surface area contributed by atoms with Gasteiger partial charge in [-0.2, -0.15) is 0 Å². The number of hydrogen-bond acceptors (Lipinski definition) is 5. The molecule has 98 valence electrons. The molecule has 0 bridgehead atoms. The van der Waals surface area contributed by atoms with Crippen molar-refractivity contribution in [2.75, 3.05) is 12.8 Å². The van der Waals surface area contributed by atoms with E-state index in [1.807, 2.05) is 4.98 Å². The maximum Gasteiger partial charge on any atom is 0.334 e. The molecule has 1 aromatic carbocycles. The number of aldehydes is 1. The Balaban J connectivity index is 2.71. The van der Waals surface area contributed by atoms with E-state index in [1.54, 1.807) is 24.3 Å². The maximum absolute atomic E-state index is 11.8. The van der Waals surface area contributed by atoms with Gasteiger partial charge in [0, 0.05) is 0 Å². The quantitative estimate of drug-likeness (QED) is 0.752. The molecule has 0 atom stereocenters. The average molecular weight is 261 g/mol. The largest absolute Gasteiger partial charge is 0.497 e. The first kappa shape index (κ1) is 12.6. The standard InChI is InChI=1S/C12H11N3O4/c1-19-8-4-2-7(3-5-8)15-10(13)9(6-16)11(17)14-12(15)18/h2-6H,13H2,1H3,(H,14,17,18). The topological polar surface area (TPSA) is 107 Å². The van der Waals surface area contributed by atoms with E-state index < -0.39 is 11.2 Å². The minimum atomic E-state index is -0.803. The SMILES string of the molecule is COc1ccc(-n2c(N)c(C=O)c(=O)[nH]c2=O)cc1. The van der Waals surface area contributed by atoms with Crippen LogP contribution in [0.4, 0.5) is 5.82 Å². The van der Waals surface area contributed by atoms with E-state index in [2.05, 4.69) is 0 Å². The van der Waals surface area contributed by atoms with Crippen LogP contribution in [0.3, 0.4) is 0 Å². The van der Waals surface area contributed by atoms with Crippen molar-refractivity contribution < 1.29 is 9.53 Å². The highest BCUT2D eigenvalue weighted by Gasteiger charge is 2.12. The summed E-state index contributed by atoms with van der Waals surface area (Å²) in [5, 5.41) is 0. The van der Waals surface area contributed by atoms with Crippen molar-refractivity contribution in [2.45, 2.75) is 0 Å². The minimum Gasteiger partial charge on any atom is -0.497 e. The highest BCUT2D eigenvalue weighted by molar-refractivity contribution is 5.81. The maximum atomic E-state index is 11.8. The second kappa shape index (κ2) is 4.81. The molecule has 0 unspecified atom stereocenters. The molecule has 0 spiro atoms. The van der Waals surface area contributed by atoms with Crippen LogP contribution in [-0.2, 0) is 0 Å². The summed E-state index contributed by atoms with van der Waals surface area (Å²) >= 11 is 0. The molecule has 0 fully saturated rings. The number of nitrogens with two attached hydrogens (primary N) is 1. The second-order valence-corrected chi connectivity index (χ2v) is 3.71. The van der Waals surface area contributed by atoms with Gasteiger partial charge in [0.05, 0.1) is 12.8 Å². The van der Waals surface area contributed by atoms with Crippen molar-refractivity contribution in [3.8, 4) is 11.4 Å². The summed E-state index contributed by atoms with van der Waals surface area (Å²) in [6.07, 6.45) is 0.313. The van der Waals surface area contributed by atoms with Crippen molar-refractivity contribution >= 4 is 12.1 Å². The number of benzene rings is 1. The van der Waals surface area contributed by atoms with Crippen LogP contribution in [0.15, 0.2) is 33.9 Å². The molecule has 2 rings (SSSR count). The monoisotopic (exact) mass is 261 g/mol. The number of ether oxygens (including phenoxy) is 1. The van der Waals surface area contributed by atoms with Gasteiger partial charge in [0.15, 0.2) is 6.29 Å². The van der Waals surface area contributed by atoms with Gasteiger partial charge in [-0.3, -0.25) is 14.6 Å². The molecule has 2 aromatic rings. The third-order valence-corrected chi connectivity index (χ3v) is 2.63. The van der Waals surface area contributed by atoms with E-state index in [1.165, 1.54) is 7.11 Å². The molecule has 0 radical (unpaired) electrons. The third kappa shape index (κ3) is 2.13. The smallest absolute Gasteiger partial charge is 0.334 e. The van der Waals surface area contributed by atoms with E-state index in [-0.39, 0.29) is 11.4 Å². The fraction of sp³-hybridized carbons (Fsp3) is 0.0833. The number of hydrogen-bond donors (Lipinski definition) is 2. The van der Waals surface area contributed by atoms with Gasteiger partial charge in [0.2, 0.25) is 0 Å². The molecule has 0 saturated carbocycles. The van der Waals surface area contributed by atoms with Gasteiger partial charge in [0.1, 0.15) is 17.1 Å². The zero-order valence-corrected chi connectivity index (χ0v) is 10.0. The number of nitrogens with zero attached hydrogens (tertiary/aromatic N) is 1. The number of methoxy groups -OCH3 is 1. The predicted molar refractivity (Wildman–Crippen MR) is 69.0 cm³/mol. The summed E-state index contributed by atoms with van der Waals surface area (Å²) in [6.45, 7) is 0. The van der Waals surface area contributed by atoms with Gasteiger partial charge in [-0.1, -0.05) is 0 Å². The van der Waals surface area contributed by atoms with Crippen LogP contribution < -0.4 is 21.7 Å². The summed E-state index contributed by atoms with van der Waals surface area (Å²) in [5.41, 5.74) is 4.30. The number of carbonyl (C=O) groups is 1. The molecule has 0 saturated heterocycles. The number of nitrogen functional groups attached to an aromatic ring is 1. The highest BCUT2D eigenvalue weighted by Crippen LogP contribution is 2.16. The van der Waals surface area contributed by atoms with Gasteiger partial charge >= 0.3 is 5.69 Å². The number of rotatable bonds is 3. The van der Waals surface area contributed by atoms with Gasteiger partial charge in [-0.05, 0) is 24.3 Å². The van der Waals surface area contributed by atoms with E-state index >= 15 is 0 Å². The Morgan fingerprint density at radius 2 is 1.89 bits per heavy atom. The number of H-pyrrole nitrogens is 1. The van der Waals surface area contributed by atoms with Crippen LogP contribution in [0.2, 0.25) is 0 Å². The van der Waals surface area contributed by atoms with Crippen molar-refractivity contribution in [3.05, 3.63) is 50.7 Å². The molecular formula is C12H11N3O4. The zero-order chi connectivity index (χ0) is 14.0. The lowest BCUT2D eigenvalue weighted by atomic mass is 10.2. The summed E-state index contributed by atoms with van der Waals surface area (Å²) in [5.74, 6) is 0.407. The first-order valence-electron chi connectivity index (χ1n) is 5.33. The van der Waals surface area contributed by atoms with Crippen molar-refractivity contribution in [1.29, 1.82) is 0 Å². The van der Waals surface area contributed by atoms with Gasteiger partial charge in [-0.25, -0.2) is 9.36 Å². The van der Waals surface area contributed by atoms with Crippen LogP contribution in [0.5, 0.6) is 5.75 Å². The Hall–Kier alpha value is -2.83. The molecule has 3 N–H and O–H groups in total. The molecule has 0 aliphatic carbocycles. The Morgan fingerprint density at radius 3 is 2.42 bits per heavy atom. The first-order valence-corrected chi connectivity index (χ1v) is 5.33. The van der Waals surface area contributed by atoms with Crippen LogP contribution >= 0.6 is 0 Å². The Kier molecular flexibility index (Phi) is 3.19. The molecule has 1 heterocycles. The molecule has 1 aromatic heterocycles. The lowest BCUT2D eigenvalue weighted by Gasteiger charge is -2.10. The lowest BCUT2D eigenvalue weighted by molar-refractivity contribution is 0.112. The van der Waals surface area contributed by atoms with E-state index in [4.69, 9.17) is 10.5 Å². The number of nitrogens with one attached hydrogen (secondary N) is 1. The molecule has 7 nitrogen and oxygen atoms in total. The second-order valence-electron chi connectivity index (χ2n) is 3.71. The molecule has 0 aliphatic rings. The zero-order valence-electron chi connectivity index (χ0n) is 10.0. The van der Waals surface area contributed by atoms with Crippen LogP contribution in [0.25, 0.3) is 5.69 Å². The van der Waals surface area contributed by atoms with E-state index in [0.717, 1.165) is 4.57 Å². The molecule has 19 heavy (non-hydrogen) atoms. The first-order chi connectivity index (χ1) is 9.08. The van der Waals surface area contributed by atoms with Crippen LogP contribution in [0.1, 0.15) is 10.4 Å². The van der Waals surface area contributed by atoms with Crippen LogP contribution in [0, 0.1) is 0 Å². The number of aromatic nitrogens is 2. The van der Waals surface area contributed by atoms with Gasteiger partial charge < -0.3 is 10.5 Å². The predicted octanol–water partition coefficient (Wildman–Crippen LogP) is -0.0709. The summed E-state index contributed by atoms with van der Waals surface area (Å²) in [4.78, 5) is 36.0. The molecule has 0 amide bonds. The van der Waals surface area contributed by atoms with E-state index in [9.17, 15) is 14.4 Å². The average Bonchev–Trinajstić information content (AvgIpc) is 2.39. The molecular weight excluding hydrogens is 250 g/mol. The molecule has 7 heteroatoms. The fourth-order valence-corrected chi connectivity index (χ4v) is 1.67. The number of aromatic amines is 1. The highest BCUT2D eigenvalue weighted by atomic mass is 16.5. The number of carbonyl (C=O) groups excluding carboxylic acids is 1. The number of anilines is 1. The van der Waals surface area contributed by atoms with Gasteiger partial charge in [0.25, 0.3) is 5.56 Å². The lowest BCUT2D eigenvalue weighted by Crippen LogP contribution is -2.33. The Morgan fingerprint density at radius 1 is 1.26 bits per heavy atom.